The zero-order valence-corrected chi connectivity index (χ0v) is 11.4. The van der Waals surface area contributed by atoms with Crippen molar-refractivity contribution < 1.29 is 15.0 Å². The van der Waals surface area contributed by atoms with E-state index in [-0.39, 0.29) is 18.2 Å². The maximum Gasteiger partial charge on any atom is 0.230 e. The first-order valence-corrected chi connectivity index (χ1v) is 7.01. The van der Waals surface area contributed by atoms with Crippen LogP contribution in [-0.2, 0) is 4.79 Å². The molecule has 1 fully saturated rings. The molecule has 0 aromatic carbocycles. The van der Waals surface area contributed by atoms with Crippen LogP contribution in [0.2, 0.25) is 0 Å². The van der Waals surface area contributed by atoms with Crippen LogP contribution in [0.1, 0.15) is 25.8 Å². The van der Waals surface area contributed by atoms with Crippen molar-refractivity contribution in [3.8, 4) is 0 Å². The van der Waals surface area contributed by atoms with Crippen molar-refractivity contribution in [3.63, 3.8) is 0 Å². The third-order valence-corrected chi connectivity index (χ3v) is 3.63. The van der Waals surface area contributed by atoms with Crippen molar-refractivity contribution in [1.82, 2.24) is 25.5 Å². The molecule has 0 bridgehead atoms. The number of amides is 1. The van der Waals surface area contributed by atoms with Gasteiger partial charge in [-0.15, -0.1) is 5.10 Å². The van der Waals surface area contributed by atoms with Crippen LogP contribution in [0.15, 0.2) is 5.16 Å². The lowest BCUT2D eigenvalue weighted by molar-refractivity contribution is -0.120. The Balaban J connectivity index is 1.75. The Morgan fingerprint density at radius 3 is 3.00 bits per heavy atom. The summed E-state index contributed by atoms with van der Waals surface area (Å²) in [5.74, 6) is -0.0571. The summed E-state index contributed by atoms with van der Waals surface area (Å²) in [5.41, 5.74) is -1.30. The molecule has 1 saturated carbocycles. The number of aliphatic hydroxyl groups excluding tert-OH is 1. The molecule has 0 spiro atoms. The number of nitrogens with one attached hydrogen (secondary N) is 1. The highest BCUT2D eigenvalue weighted by atomic mass is 32.2. The van der Waals surface area contributed by atoms with Crippen LogP contribution in [0.4, 0.5) is 0 Å². The molecule has 1 aromatic rings. The molecule has 8 nitrogen and oxygen atoms in total. The molecule has 2 rings (SSSR count). The van der Waals surface area contributed by atoms with E-state index in [0.717, 1.165) is 12.8 Å². The third kappa shape index (κ3) is 4.15. The lowest BCUT2D eigenvalue weighted by Gasteiger charge is -2.20. The van der Waals surface area contributed by atoms with Crippen molar-refractivity contribution >= 4 is 17.7 Å². The molecule has 1 heterocycles. The second kappa shape index (κ2) is 5.85. The van der Waals surface area contributed by atoms with Gasteiger partial charge in [-0.3, -0.25) is 4.79 Å². The summed E-state index contributed by atoms with van der Waals surface area (Å²) in [6, 6.07) is 0.371. The Hall–Kier alpha value is -1.19. The number of nitrogens with zero attached hydrogens (tertiary/aromatic N) is 4. The maximum absolute atomic E-state index is 11.6. The normalized spacial score (nSPS) is 18.1. The summed E-state index contributed by atoms with van der Waals surface area (Å²) in [6.45, 7) is 1.06. The van der Waals surface area contributed by atoms with Crippen LogP contribution in [-0.4, -0.2) is 60.8 Å². The largest absolute Gasteiger partial charge is 0.393 e. The standard InChI is InChI=1S/C10H17N5O3S/c1-10(18,6-16)5-11-8(17)4-19-9-12-13-14-15(9)7-2-3-7/h7,16,18H,2-6H2,1H3,(H,11,17). The third-order valence-electron chi connectivity index (χ3n) is 2.69. The van der Waals surface area contributed by atoms with Crippen LogP contribution in [0, 0.1) is 0 Å². The summed E-state index contributed by atoms with van der Waals surface area (Å²) in [6.07, 6.45) is 2.15. The van der Waals surface area contributed by atoms with E-state index in [0.29, 0.717) is 11.2 Å². The van der Waals surface area contributed by atoms with E-state index in [4.69, 9.17) is 5.11 Å². The van der Waals surface area contributed by atoms with Gasteiger partial charge in [0.2, 0.25) is 11.1 Å². The van der Waals surface area contributed by atoms with E-state index in [1.54, 1.807) is 4.68 Å². The molecule has 1 amide bonds. The molecule has 1 aliphatic carbocycles. The minimum Gasteiger partial charge on any atom is -0.393 e. The van der Waals surface area contributed by atoms with E-state index < -0.39 is 12.2 Å². The van der Waals surface area contributed by atoms with Crippen LogP contribution in [0.25, 0.3) is 0 Å². The summed E-state index contributed by atoms with van der Waals surface area (Å²) in [4.78, 5) is 11.6. The van der Waals surface area contributed by atoms with Gasteiger partial charge in [-0.25, -0.2) is 4.68 Å². The van der Waals surface area contributed by atoms with Gasteiger partial charge in [0.25, 0.3) is 0 Å². The molecule has 3 N–H and O–H groups in total. The molecule has 1 atom stereocenters. The zero-order chi connectivity index (χ0) is 13.9. The predicted molar refractivity (Wildman–Crippen MR) is 67.5 cm³/mol. The highest BCUT2D eigenvalue weighted by molar-refractivity contribution is 7.99. The van der Waals surface area contributed by atoms with Crippen molar-refractivity contribution in [2.45, 2.75) is 36.6 Å². The fourth-order valence-electron chi connectivity index (χ4n) is 1.35. The number of carbonyl (C=O) groups excluding carboxylic acids is 1. The Labute approximate surface area is 114 Å². The summed E-state index contributed by atoms with van der Waals surface area (Å²) in [7, 11) is 0. The quantitative estimate of drug-likeness (QED) is 0.549. The first-order valence-electron chi connectivity index (χ1n) is 6.02. The van der Waals surface area contributed by atoms with Gasteiger partial charge >= 0.3 is 0 Å². The molecule has 9 heteroatoms. The predicted octanol–water partition coefficient (Wildman–Crippen LogP) is -1.04. The topological polar surface area (TPSA) is 113 Å². The van der Waals surface area contributed by atoms with Crippen molar-refractivity contribution in [2.24, 2.45) is 0 Å². The zero-order valence-electron chi connectivity index (χ0n) is 10.6. The number of tetrazole rings is 1. The molecule has 0 saturated heterocycles. The second-order valence-corrected chi connectivity index (χ2v) is 5.80. The van der Waals surface area contributed by atoms with Gasteiger partial charge in [-0.1, -0.05) is 11.8 Å². The van der Waals surface area contributed by atoms with E-state index in [2.05, 4.69) is 20.8 Å². The molecule has 106 valence electrons. The fraction of sp³-hybridized carbons (Fsp3) is 0.800. The Bertz CT molecular complexity index is 446. The molecule has 0 aliphatic heterocycles. The maximum atomic E-state index is 11.6. The number of aliphatic hydroxyl groups is 2. The minimum atomic E-state index is -1.30. The Kier molecular flexibility index (Phi) is 4.38. The number of rotatable bonds is 7. The fourth-order valence-corrected chi connectivity index (χ4v) is 2.13. The molecule has 1 aromatic heterocycles. The van der Waals surface area contributed by atoms with Crippen molar-refractivity contribution in [2.75, 3.05) is 18.9 Å². The average molecular weight is 287 g/mol. The summed E-state index contributed by atoms with van der Waals surface area (Å²) >= 11 is 1.26. The molecular formula is C10H17N5O3S. The van der Waals surface area contributed by atoms with Gasteiger partial charge in [-0.2, -0.15) is 0 Å². The lowest BCUT2D eigenvalue weighted by Crippen LogP contribution is -2.43. The number of hydrogen-bond donors (Lipinski definition) is 3. The number of hydrogen-bond acceptors (Lipinski definition) is 7. The molecule has 1 aliphatic rings. The van der Waals surface area contributed by atoms with E-state index in [1.807, 2.05) is 0 Å². The number of aromatic nitrogens is 4. The SMILES string of the molecule is CC(O)(CO)CNC(=O)CSc1nnnn1C1CC1. The van der Waals surface area contributed by atoms with Crippen molar-refractivity contribution in [3.05, 3.63) is 0 Å². The van der Waals surface area contributed by atoms with Crippen LogP contribution in [0.5, 0.6) is 0 Å². The van der Waals surface area contributed by atoms with Gasteiger partial charge in [-0.05, 0) is 30.2 Å². The Morgan fingerprint density at radius 2 is 2.37 bits per heavy atom. The minimum absolute atomic E-state index is 0.0104. The monoisotopic (exact) mass is 287 g/mol. The van der Waals surface area contributed by atoms with E-state index in [1.165, 1.54) is 18.7 Å². The lowest BCUT2D eigenvalue weighted by atomic mass is 10.1. The number of carbonyl (C=O) groups is 1. The molecule has 19 heavy (non-hydrogen) atoms. The van der Waals surface area contributed by atoms with E-state index in [9.17, 15) is 9.90 Å². The second-order valence-electron chi connectivity index (χ2n) is 4.86. The van der Waals surface area contributed by atoms with Gasteiger partial charge in [0.05, 0.1) is 18.4 Å². The first-order chi connectivity index (χ1) is 9.02. The van der Waals surface area contributed by atoms with Gasteiger partial charge in [0.15, 0.2) is 0 Å². The average Bonchev–Trinajstić information content (AvgIpc) is 3.13. The highest BCUT2D eigenvalue weighted by Gasteiger charge is 2.28. The smallest absolute Gasteiger partial charge is 0.230 e. The van der Waals surface area contributed by atoms with Gasteiger partial charge in [0, 0.05) is 6.54 Å². The number of thioether (sulfide) groups is 1. The van der Waals surface area contributed by atoms with E-state index >= 15 is 0 Å². The summed E-state index contributed by atoms with van der Waals surface area (Å²) < 4.78 is 1.74. The van der Waals surface area contributed by atoms with Crippen LogP contribution in [0.3, 0.4) is 0 Å². The Morgan fingerprint density at radius 1 is 1.63 bits per heavy atom. The highest BCUT2D eigenvalue weighted by Crippen LogP contribution is 2.36. The molecule has 0 radical (unpaired) electrons. The summed E-state index contributed by atoms with van der Waals surface area (Å²) in [5, 5.41) is 32.9. The molecular weight excluding hydrogens is 270 g/mol. The van der Waals surface area contributed by atoms with Gasteiger partial charge < -0.3 is 15.5 Å². The van der Waals surface area contributed by atoms with Gasteiger partial charge in [0.1, 0.15) is 5.60 Å². The van der Waals surface area contributed by atoms with Crippen LogP contribution < -0.4 is 5.32 Å². The first kappa shape index (κ1) is 14.2. The van der Waals surface area contributed by atoms with Crippen molar-refractivity contribution in [1.29, 1.82) is 0 Å². The van der Waals surface area contributed by atoms with Crippen LogP contribution >= 0.6 is 11.8 Å². The molecule has 1 unspecified atom stereocenters.